The topological polar surface area (TPSA) is 114 Å². The van der Waals surface area contributed by atoms with Crippen LogP contribution in [-0.4, -0.2) is 69.4 Å². The molecule has 0 fully saturated rings. The second kappa shape index (κ2) is 47.8. The van der Waals surface area contributed by atoms with Crippen LogP contribution in [0.2, 0.25) is 0 Å². The van der Waals surface area contributed by atoms with E-state index in [1.165, 1.54) is 89.9 Å². The lowest BCUT2D eigenvalue weighted by molar-refractivity contribution is -0.870. The minimum Gasteiger partial charge on any atom is -0.756 e. The van der Waals surface area contributed by atoms with Crippen LogP contribution in [0.15, 0.2) is 85.1 Å². The minimum atomic E-state index is -4.71. The average molecular weight is 971 g/mol. The number of amides is 1. The third-order valence-corrected chi connectivity index (χ3v) is 12.5. The molecular weight excluding hydrogens is 868 g/mol. The number of phosphoric acid groups is 1. The molecule has 10 heteroatoms. The minimum absolute atomic E-state index is 0.0385. The van der Waals surface area contributed by atoms with Gasteiger partial charge in [0.05, 0.1) is 33.8 Å². The van der Waals surface area contributed by atoms with Gasteiger partial charge in [-0.05, 0) is 96.0 Å². The SMILES string of the molecule is CC/C=C\C/C=C\C/C=C\C/C=C\C/C=C\CCCC(=O)NC(COP(=O)([O-])OCC[N+](C)(C)C)C(/C=C/CCCCCCCCCCC)OC(=O)CCCCC/C=C\CCCCCCCCC. The van der Waals surface area contributed by atoms with Gasteiger partial charge in [0, 0.05) is 12.8 Å². The van der Waals surface area contributed by atoms with Crippen LogP contribution in [0.3, 0.4) is 0 Å². The summed E-state index contributed by atoms with van der Waals surface area (Å²) in [5.41, 5.74) is 0. The molecular formula is C58H103N2O7P. The molecule has 0 spiro atoms. The number of unbranched alkanes of at least 4 members (excludes halogenated alkanes) is 20. The Hall–Kier alpha value is -2.81. The highest BCUT2D eigenvalue weighted by Crippen LogP contribution is 2.38. The lowest BCUT2D eigenvalue weighted by Crippen LogP contribution is -2.47. The highest BCUT2D eigenvalue weighted by Gasteiger charge is 2.27. The van der Waals surface area contributed by atoms with E-state index in [0.29, 0.717) is 23.9 Å². The van der Waals surface area contributed by atoms with Crippen LogP contribution in [0.25, 0.3) is 0 Å². The summed E-state index contributed by atoms with van der Waals surface area (Å²) in [6.07, 6.45) is 61.3. The van der Waals surface area contributed by atoms with Crippen LogP contribution in [-0.2, 0) is 27.9 Å². The van der Waals surface area contributed by atoms with Crippen molar-refractivity contribution in [1.29, 1.82) is 0 Å². The molecule has 392 valence electrons. The molecule has 0 aromatic carbocycles. The maximum Gasteiger partial charge on any atom is 0.306 e. The number of nitrogens with zero attached hydrogens (tertiary/aromatic N) is 1. The Morgan fingerprint density at radius 2 is 0.956 bits per heavy atom. The molecule has 0 aliphatic rings. The first-order valence-electron chi connectivity index (χ1n) is 27.4. The molecule has 0 saturated carbocycles. The van der Waals surface area contributed by atoms with Gasteiger partial charge >= 0.3 is 5.97 Å². The van der Waals surface area contributed by atoms with E-state index in [4.69, 9.17) is 13.8 Å². The quantitative estimate of drug-likeness (QED) is 0.0212. The molecule has 68 heavy (non-hydrogen) atoms. The van der Waals surface area contributed by atoms with E-state index in [0.717, 1.165) is 83.5 Å². The number of carbonyl (C=O) groups is 2. The van der Waals surface area contributed by atoms with Crippen molar-refractivity contribution in [2.45, 2.75) is 232 Å². The zero-order chi connectivity index (χ0) is 50.1. The van der Waals surface area contributed by atoms with Crippen molar-refractivity contribution in [3.05, 3.63) is 85.1 Å². The highest BCUT2D eigenvalue weighted by atomic mass is 31.2. The van der Waals surface area contributed by atoms with Crippen LogP contribution >= 0.6 is 7.82 Å². The van der Waals surface area contributed by atoms with Gasteiger partial charge in [0.15, 0.2) is 0 Å². The van der Waals surface area contributed by atoms with Gasteiger partial charge in [0.2, 0.25) is 5.91 Å². The first-order valence-corrected chi connectivity index (χ1v) is 28.9. The molecule has 0 radical (unpaired) electrons. The summed E-state index contributed by atoms with van der Waals surface area (Å²) < 4.78 is 30.1. The molecule has 0 rings (SSSR count). The van der Waals surface area contributed by atoms with E-state index in [1.54, 1.807) is 6.08 Å². The predicted molar refractivity (Wildman–Crippen MR) is 288 cm³/mol. The molecule has 1 amide bonds. The Labute approximate surface area is 418 Å². The number of phosphoric ester groups is 1. The van der Waals surface area contributed by atoms with Crippen LogP contribution in [0.1, 0.15) is 220 Å². The number of nitrogens with one attached hydrogen (secondary N) is 1. The molecule has 3 atom stereocenters. The molecule has 0 aliphatic heterocycles. The first-order chi connectivity index (χ1) is 32.9. The van der Waals surface area contributed by atoms with Crippen LogP contribution in [0.5, 0.6) is 0 Å². The predicted octanol–water partition coefficient (Wildman–Crippen LogP) is 15.6. The van der Waals surface area contributed by atoms with Crippen molar-refractivity contribution in [2.75, 3.05) is 40.9 Å². The third-order valence-electron chi connectivity index (χ3n) is 11.6. The van der Waals surface area contributed by atoms with Gasteiger partial charge in [-0.3, -0.25) is 14.2 Å². The van der Waals surface area contributed by atoms with Crippen molar-refractivity contribution in [3.8, 4) is 0 Å². The number of hydrogen-bond acceptors (Lipinski definition) is 7. The van der Waals surface area contributed by atoms with E-state index in [-0.39, 0.29) is 31.3 Å². The summed E-state index contributed by atoms with van der Waals surface area (Å²) in [5.74, 6) is -0.634. The van der Waals surface area contributed by atoms with Crippen molar-refractivity contribution < 1.29 is 37.3 Å². The number of ether oxygens (including phenoxy) is 1. The smallest absolute Gasteiger partial charge is 0.306 e. The van der Waals surface area contributed by atoms with E-state index in [9.17, 15) is 19.0 Å². The van der Waals surface area contributed by atoms with E-state index < -0.39 is 26.6 Å². The maximum absolute atomic E-state index is 13.4. The van der Waals surface area contributed by atoms with E-state index >= 15 is 0 Å². The van der Waals surface area contributed by atoms with Crippen molar-refractivity contribution in [2.24, 2.45) is 0 Å². The third kappa shape index (κ3) is 48.2. The summed E-state index contributed by atoms with van der Waals surface area (Å²) in [5, 5.41) is 2.97. The highest BCUT2D eigenvalue weighted by molar-refractivity contribution is 7.45. The molecule has 0 saturated heterocycles. The van der Waals surface area contributed by atoms with Gasteiger partial charge in [-0.15, -0.1) is 0 Å². The second-order valence-corrected chi connectivity index (χ2v) is 20.8. The molecule has 0 aromatic rings. The van der Waals surface area contributed by atoms with Crippen LogP contribution in [0.4, 0.5) is 0 Å². The van der Waals surface area contributed by atoms with Gasteiger partial charge in [-0.1, -0.05) is 196 Å². The Kier molecular flexibility index (Phi) is 45.9. The van der Waals surface area contributed by atoms with Gasteiger partial charge in [-0.2, -0.15) is 0 Å². The summed E-state index contributed by atoms with van der Waals surface area (Å²) in [4.78, 5) is 39.7. The number of esters is 1. The standard InChI is InChI=1S/C58H103N2O7P/c1-7-10-13-16-19-22-25-27-29-30-31-32-35-38-41-44-47-50-57(61)59-55(54-66-68(63,64)65-53-52-60(4,5)6)56(49-46-43-40-37-34-24-21-18-15-12-9-3)67-58(62)51-48-45-42-39-36-33-28-26-23-20-17-14-11-8-2/h10,13,19,22,27,29,31-33,36,38,41,46,49,55-56H,7-9,11-12,14-18,20-21,23-26,28,30,34-35,37,39-40,42-45,47-48,50-54H2,1-6H3,(H-,59,61,63,64)/b13-10-,22-19-,29-27-,32-31-,36-33-,41-38-,49-46+. The molecule has 0 bridgehead atoms. The average Bonchev–Trinajstić information content (AvgIpc) is 3.29. The molecule has 3 unspecified atom stereocenters. The molecule has 1 N–H and O–H groups in total. The molecule has 0 heterocycles. The summed E-state index contributed by atoms with van der Waals surface area (Å²) in [6, 6.07) is -0.926. The number of allylic oxidation sites excluding steroid dienone is 13. The van der Waals surface area contributed by atoms with Crippen molar-refractivity contribution >= 4 is 19.7 Å². The Bertz CT molecular complexity index is 1440. The van der Waals surface area contributed by atoms with E-state index in [1.807, 2.05) is 27.2 Å². The largest absolute Gasteiger partial charge is 0.756 e. The fourth-order valence-corrected chi connectivity index (χ4v) is 8.04. The number of quaternary nitrogens is 1. The zero-order valence-electron chi connectivity index (χ0n) is 44.5. The molecule has 0 aromatic heterocycles. The summed E-state index contributed by atoms with van der Waals surface area (Å²) in [6.45, 7) is 6.64. The van der Waals surface area contributed by atoms with Gasteiger partial charge in [-0.25, -0.2) is 0 Å². The lowest BCUT2D eigenvalue weighted by Gasteiger charge is -2.30. The van der Waals surface area contributed by atoms with Crippen LogP contribution in [0, 0.1) is 0 Å². The van der Waals surface area contributed by atoms with Crippen molar-refractivity contribution in [3.63, 3.8) is 0 Å². The summed E-state index contributed by atoms with van der Waals surface area (Å²) in [7, 11) is 1.13. The molecule has 0 aliphatic carbocycles. The number of rotatable bonds is 48. The van der Waals surface area contributed by atoms with Gasteiger partial charge in [0.25, 0.3) is 7.82 Å². The van der Waals surface area contributed by atoms with E-state index in [2.05, 4.69) is 99.0 Å². The monoisotopic (exact) mass is 971 g/mol. The molecule has 9 nitrogen and oxygen atoms in total. The number of likely N-dealkylation sites (N-methyl/N-ethyl adjacent to an activating group) is 1. The normalized spacial score (nSPS) is 14.5. The first kappa shape index (κ1) is 65.2. The fourth-order valence-electron chi connectivity index (χ4n) is 7.31. The Morgan fingerprint density at radius 1 is 0.529 bits per heavy atom. The maximum atomic E-state index is 13.4. The van der Waals surface area contributed by atoms with Crippen LogP contribution < -0.4 is 10.2 Å². The Morgan fingerprint density at radius 3 is 1.46 bits per heavy atom. The van der Waals surface area contributed by atoms with Gasteiger partial charge in [0.1, 0.15) is 19.3 Å². The second-order valence-electron chi connectivity index (χ2n) is 19.3. The zero-order valence-corrected chi connectivity index (χ0v) is 45.4. The number of hydrogen-bond donors (Lipinski definition) is 1. The van der Waals surface area contributed by atoms with Crippen molar-refractivity contribution in [1.82, 2.24) is 5.32 Å². The Balaban J connectivity index is 5.49. The summed E-state index contributed by atoms with van der Waals surface area (Å²) >= 11 is 0. The number of carbonyl (C=O) groups excluding carboxylic acids is 2. The fraction of sp³-hybridized carbons (Fsp3) is 0.724. The lowest BCUT2D eigenvalue weighted by atomic mass is 10.1. The van der Waals surface area contributed by atoms with Gasteiger partial charge < -0.3 is 28.5 Å².